The average Bonchev–Trinajstić information content (AvgIpc) is 2.77. The summed E-state index contributed by atoms with van der Waals surface area (Å²) in [5.74, 6) is -0.472. The van der Waals surface area contributed by atoms with Gasteiger partial charge in [-0.1, -0.05) is 60.7 Å². The number of nitrogens with two attached hydrogens (primary N) is 1. The van der Waals surface area contributed by atoms with Crippen LogP contribution in [0.25, 0.3) is 16.3 Å². The Morgan fingerprint density at radius 1 is 1.00 bits per heavy atom. The molecule has 0 radical (unpaired) electrons. The van der Waals surface area contributed by atoms with Gasteiger partial charge in [-0.2, -0.15) is 0 Å². The van der Waals surface area contributed by atoms with Gasteiger partial charge in [0.15, 0.2) is 0 Å². The molecule has 4 rings (SSSR count). The van der Waals surface area contributed by atoms with Gasteiger partial charge in [-0.25, -0.2) is 4.79 Å². The largest absolute Gasteiger partial charge is 0.366 e. The molecule has 3 N–H and O–H groups in total. The number of benzene rings is 3. The second-order valence-corrected chi connectivity index (χ2v) is 7.18. The van der Waals surface area contributed by atoms with Gasteiger partial charge in [-0.15, -0.1) is 0 Å². The summed E-state index contributed by atoms with van der Waals surface area (Å²) in [5.41, 5.74) is 9.12. The lowest BCUT2D eigenvalue weighted by Crippen LogP contribution is -2.41. The third kappa shape index (κ3) is 4.14. The molecule has 0 saturated heterocycles. The zero-order valence-corrected chi connectivity index (χ0v) is 16.1. The molecule has 1 aliphatic rings. The Balaban J connectivity index is 1.41. The van der Waals surface area contributed by atoms with Gasteiger partial charge >= 0.3 is 6.03 Å². The Morgan fingerprint density at radius 3 is 2.59 bits per heavy atom. The van der Waals surface area contributed by atoms with E-state index in [4.69, 9.17) is 5.73 Å². The molecule has 0 unspecified atom stereocenters. The number of rotatable bonds is 4. The molecule has 0 fully saturated rings. The van der Waals surface area contributed by atoms with E-state index in [2.05, 4.69) is 47.8 Å². The van der Waals surface area contributed by atoms with E-state index in [-0.39, 0.29) is 6.03 Å². The number of primary amides is 1. The van der Waals surface area contributed by atoms with Gasteiger partial charge in [0.1, 0.15) is 0 Å². The van der Waals surface area contributed by atoms with Crippen molar-refractivity contribution in [2.24, 2.45) is 5.73 Å². The highest BCUT2D eigenvalue weighted by atomic mass is 16.2. The lowest BCUT2D eigenvalue weighted by atomic mass is 9.94. The molecular weight excluding hydrogens is 362 g/mol. The van der Waals surface area contributed by atoms with Crippen molar-refractivity contribution in [2.75, 3.05) is 13.1 Å². The topological polar surface area (TPSA) is 75.4 Å². The SMILES string of the molecule is NC(=O)c1cccc(CNC(=O)N2CC=C(c3cccc4ccccc34)CC2)c1. The molecule has 0 spiro atoms. The fourth-order valence-electron chi connectivity index (χ4n) is 3.73. The van der Waals surface area contributed by atoms with Crippen molar-refractivity contribution in [3.8, 4) is 0 Å². The molecule has 3 amide bonds. The number of carbonyl (C=O) groups is 2. The minimum absolute atomic E-state index is 0.109. The molecule has 0 aliphatic carbocycles. The molecule has 1 aliphatic heterocycles. The van der Waals surface area contributed by atoms with E-state index in [1.807, 2.05) is 12.1 Å². The van der Waals surface area contributed by atoms with E-state index >= 15 is 0 Å². The predicted octanol–water partition coefficient (Wildman–Crippen LogP) is 3.94. The highest BCUT2D eigenvalue weighted by Crippen LogP contribution is 2.29. The van der Waals surface area contributed by atoms with Crippen molar-refractivity contribution < 1.29 is 9.59 Å². The number of hydrogen-bond donors (Lipinski definition) is 2. The molecule has 5 nitrogen and oxygen atoms in total. The second-order valence-electron chi connectivity index (χ2n) is 7.18. The molecular formula is C24H23N3O2. The Bertz CT molecular complexity index is 1100. The van der Waals surface area contributed by atoms with Crippen molar-refractivity contribution >= 4 is 28.3 Å². The Hall–Kier alpha value is -3.60. The molecule has 3 aromatic rings. The summed E-state index contributed by atoms with van der Waals surface area (Å²) in [4.78, 5) is 25.6. The van der Waals surface area contributed by atoms with Crippen LogP contribution in [0.5, 0.6) is 0 Å². The van der Waals surface area contributed by atoms with Gasteiger partial charge < -0.3 is 16.0 Å². The molecule has 3 aromatic carbocycles. The molecule has 29 heavy (non-hydrogen) atoms. The van der Waals surface area contributed by atoms with Gasteiger partial charge in [-0.05, 0) is 46.0 Å². The van der Waals surface area contributed by atoms with Crippen LogP contribution >= 0.6 is 0 Å². The number of carbonyl (C=O) groups excluding carboxylic acids is 2. The summed E-state index contributed by atoms with van der Waals surface area (Å²) in [6.07, 6.45) is 2.96. The lowest BCUT2D eigenvalue weighted by molar-refractivity contribution is 0.1000. The molecule has 5 heteroatoms. The summed E-state index contributed by atoms with van der Waals surface area (Å²) in [6.45, 7) is 1.60. The maximum absolute atomic E-state index is 12.5. The quantitative estimate of drug-likeness (QED) is 0.714. The van der Waals surface area contributed by atoms with Crippen LogP contribution in [0.4, 0.5) is 4.79 Å². The van der Waals surface area contributed by atoms with E-state index in [0.717, 1.165) is 12.0 Å². The summed E-state index contributed by atoms with van der Waals surface area (Å²) in [7, 11) is 0. The van der Waals surface area contributed by atoms with Crippen LogP contribution in [0.2, 0.25) is 0 Å². The van der Waals surface area contributed by atoms with Crippen molar-refractivity contribution in [3.63, 3.8) is 0 Å². The predicted molar refractivity (Wildman–Crippen MR) is 115 cm³/mol. The lowest BCUT2D eigenvalue weighted by Gasteiger charge is -2.27. The van der Waals surface area contributed by atoms with E-state index in [1.165, 1.54) is 21.9 Å². The van der Waals surface area contributed by atoms with Gasteiger partial charge in [0.25, 0.3) is 0 Å². The smallest absolute Gasteiger partial charge is 0.317 e. The maximum Gasteiger partial charge on any atom is 0.317 e. The molecule has 146 valence electrons. The zero-order chi connectivity index (χ0) is 20.2. The Kier molecular flexibility index (Phi) is 5.29. The minimum Gasteiger partial charge on any atom is -0.366 e. The first-order chi connectivity index (χ1) is 14.1. The third-order valence-electron chi connectivity index (χ3n) is 5.29. The number of urea groups is 1. The van der Waals surface area contributed by atoms with Gasteiger partial charge in [0, 0.05) is 25.2 Å². The molecule has 0 bridgehead atoms. The first-order valence-corrected chi connectivity index (χ1v) is 9.70. The van der Waals surface area contributed by atoms with Crippen LogP contribution in [0.15, 0.2) is 72.8 Å². The van der Waals surface area contributed by atoms with Gasteiger partial charge in [0.05, 0.1) is 0 Å². The van der Waals surface area contributed by atoms with E-state index in [9.17, 15) is 9.59 Å². The fourth-order valence-corrected chi connectivity index (χ4v) is 3.73. The Labute approximate surface area is 169 Å². The van der Waals surface area contributed by atoms with Crippen molar-refractivity contribution in [2.45, 2.75) is 13.0 Å². The number of fused-ring (bicyclic) bond motifs is 1. The number of amides is 3. The van der Waals surface area contributed by atoms with Crippen LogP contribution in [0, 0.1) is 0 Å². The summed E-state index contributed by atoms with van der Waals surface area (Å²) < 4.78 is 0. The summed E-state index contributed by atoms with van der Waals surface area (Å²) in [6, 6.07) is 21.6. The molecule has 1 heterocycles. The zero-order valence-electron chi connectivity index (χ0n) is 16.1. The average molecular weight is 385 g/mol. The Morgan fingerprint density at radius 2 is 1.79 bits per heavy atom. The minimum atomic E-state index is -0.472. The monoisotopic (exact) mass is 385 g/mol. The van der Waals surface area contributed by atoms with Gasteiger partial charge in [-0.3, -0.25) is 4.79 Å². The summed E-state index contributed by atoms with van der Waals surface area (Å²) in [5, 5.41) is 5.39. The van der Waals surface area contributed by atoms with Gasteiger partial charge in [0.2, 0.25) is 5.91 Å². The van der Waals surface area contributed by atoms with E-state index in [0.29, 0.717) is 25.2 Å². The molecule has 0 aromatic heterocycles. The highest BCUT2D eigenvalue weighted by molar-refractivity contribution is 5.94. The molecule has 0 saturated carbocycles. The number of nitrogens with one attached hydrogen (secondary N) is 1. The standard InChI is InChI=1S/C24H23N3O2/c25-23(28)20-8-3-5-17(15-20)16-26-24(29)27-13-11-19(12-14-27)22-10-4-7-18-6-1-2-9-21(18)22/h1-11,15H,12-14,16H2,(H2,25,28)(H,26,29). The van der Waals surface area contributed by atoms with Crippen LogP contribution in [-0.2, 0) is 6.54 Å². The van der Waals surface area contributed by atoms with Crippen LogP contribution in [0.3, 0.4) is 0 Å². The van der Waals surface area contributed by atoms with Crippen LogP contribution in [-0.4, -0.2) is 29.9 Å². The van der Waals surface area contributed by atoms with Crippen molar-refractivity contribution in [1.29, 1.82) is 0 Å². The second kappa shape index (κ2) is 8.19. The van der Waals surface area contributed by atoms with Crippen molar-refractivity contribution in [1.82, 2.24) is 10.2 Å². The van der Waals surface area contributed by atoms with Crippen LogP contribution < -0.4 is 11.1 Å². The van der Waals surface area contributed by atoms with E-state index in [1.54, 1.807) is 23.1 Å². The number of hydrogen-bond acceptors (Lipinski definition) is 2. The molecule has 0 atom stereocenters. The fraction of sp³-hybridized carbons (Fsp3) is 0.167. The van der Waals surface area contributed by atoms with E-state index < -0.39 is 5.91 Å². The number of nitrogens with zero attached hydrogens (tertiary/aromatic N) is 1. The maximum atomic E-state index is 12.5. The van der Waals surface area contributed by atoms with Crippen LogP contribution in [0.1, 0.15) is 27.9 Å². The van der Waals surface area contributed by atoms with Crippen molar-refractivity contribution in [3.05, 3.63) is 89.5 Å². The first-order valence-electron chi connectivity index (χ1n) is 9.70. The third-order valence-corrected chi connectivity index (χ3v) is 5.29. The highest BCUT2D eigenvalue weighted by Gasteiger charge is 2.18. The first kappa shape index (κ1) is 18.7. The summed E-state index contributed by atoms with van der Waals surface area (Å²) >= 11 is 0. The normalized spacial score (nSPS) is 13.8.